The van der Waals surface area contributed by atoms with Crippen LogP contribution >= 0.6 is 0 Å². The highest BCUT2D eigenvalue weighted by molar-refractivity contribution is 5.97. The Morgan fingerprint density at radius 2 is 1.93 bits per heavy atom. The van der Waals surface area contributed by atoms with Gasteiger partial charge in [0.25, 0.3) is 5.91 Å². The smallest absolute Gasteiger partial charge is 0.254 e. The zero-order chi connectivity index (χ0) is 19.2. The Kier molecular flexibility index (Phi) is 7.05. The van der Waals surface area contributed by atoms with E-state index < -0.39 is 5.91 Å². The molecule has 2 aliphatic rings. The first-order chi connectivity index (χ1) is 13.1. The molecule has 6 nitrogen and oxygen atoms in total. The number of nitrogens with one attached hydrogen (secondary N) is 1. The summed E-state index contributed by atoms with van der Waals surface area (Å²) in [6.45, 7) is 2.56. The third-order valence-corrected chi connectivity index (χ3v) is 6.51. The highest BCUT2D eigenvalue weighted by Gasteiger charge is 2.24. The van der Waals surface area contributed by atoms with Crippen LogP contribution in [0.3, 0.4) is 0 Å². The van der Waals surface area contributed by atoms with E-state index in [1.54, 1.807) is 6.20 Å². The third-order valence-electron chi connectivity index (χ3n) is 6.51. The maximum Gasteiger partial charge on any atom is 0.254 e. The van der Waals surface area contributed by atoms with E-state index in [0.29, 0.717) is 23.2 Å². The van der Waals surface area contributed by atoms with Crippen LogP contribution in [-0.2, 0) is 6.42 Å². The number of nitrogens with zero attached hydrogens (tertiary/aromatic N) is 2. The second-order valence-corrected chi connectivity index (χ2v) is 8.54. The molecule has 1 aromatic heterocycles. The largest absolute Gasteiger partial charge is 0.396 e. The number of hydrogen-bond acceptors (Lipinski definition) is 5. The van der Waals surface area contributed by atoms with Crippen molar-refractivity contribution in [1.29, 1.82) is 0 Å². The van der Waals surface area contributed by atoms with Gasteiger partial charge in [-0.05, 0) is 43.4 Å². The quantitative estimate of drug-likeness (QED) is 0.680. The fourth-order valence-corrected chi connectivity index (χ4v) is 4.65. The summed E-state index contributed by atoms with van der Waals surface area (Å²) >= 11 is 0. The van der Waals surface area contributed by atoms with Crippen LogP contribution in [0, 0.1) is 17.8 Å². The first-order valence-electron chi connectivity index (χ1n) is 10.6. The molecule has 2 aliphatic carbocycles. The molecule has 1 heterocycles. The summed E-state index contributed by atoms with van der Waals surface area (Å²) in [4.78, 5) is 20.9. The molecule has 2 saturated carbocycles. The number of carbonyl (C=O) groups excluding carboxylic acids is 1. The molecule has 0 saturated heterocycles. The Balaban J connectivity index is 1.67. The van der Waals surface area contributed by atoms with Gasteiger partial charge in [0, 0.05) is 25.3 Å². The molecular weight excluding hydrogens is 340 g/mol. The fraction of sp³-hybridized carbons (Fsp3) is 0.762. The average Bonchev–Trinajstić information content (AvgIpc) is 2.69. The molecule has 2 fully saturated rings. The standard InChI is InChI=1S/C21H34N4O2/c1-14(16-5-3-2-4-6-16)11-19-23-12-18(20(22)27)21(25-19)24-17-9-7-15(13-26)8-10-17/h12,14-17,26H,2-11,13H2,1H3,(H2,22,27)(H,23,24,25)/t14-,15?,17?/m1/s1. The zero-order valence-electron chi connectivity index (χ0n) is 16.5. The van der Waals surface area contributed by atoms with Crippen molar-refractivity contribution in [2.75, 3.05) is 11.9 Å². The van der Waals surface area contributed by atoms with Gasteiger partial charge in [0.1, 0.15) is 11.6 Å². The molecule has 3 rings (SSSR count). The molecule has 0 aromatic carbocycles. The molecule has 0 radical (unpaired) electrons. The second kappa shape index (κ2) is 9.49. The molecule has 6 heteroatoms. The number of aromatic nitrogens is 2. The minimum Gasteiger partial charge on any atom is -0.396 e. The van der Waals surface area contributed by atoms with Crippen molar-refractivity contribution >= 4 is 11.7 Å². The summed E-state index contributed by atoms with van der Waals surface area (Å²) in [5.74, 6) is 2.59. The van der Waals surface area contributed by atoms with Crippen LogP contribution in [0.25, 0.3) is 0 Å². The van der Waals surface area contributed by atoms with Crippen molar-refractivity contribution in [2.24, 2.45) is 23.5 Å². The van der Waals surface area contributed by atoms with Gasteiger partial charge in [-0.25, -0.2) is 9.97 Å². The van der Waals surface area contributed by atoms with Crippen molar-refractivity contribution in [3.63, 3.8) is 0 Å². The number of rotatable bonds is 7. The van der Waals surface area contributed by atoms with E-state index in [4.69, 9.17) is 5.73 Å². The topological polar surface area (TPSA) is 101 Å². The van der Waals surface area contributed by atoms with Crippen LogP contribution in [0.2, 0.25) is 0 Å². The van der Waals surface area contributed by atoms with Crippen LogP contribution in [-0.4, -0.2) is 33.6 Å². The van der Waals surface area contributed by atoms with Gasteiger partial charge >= 0.3 is 0 Å². The normalized spacial score (nSPS) is 25.1. The summed E-state index contributed by atoms with van der Waals surface area (Å²) in [5, 5.41) is 12.7. The number of amides is 1. The SMILES string of the molecule is C[C@H](Cc1ncc(C(N)=O)c(NC2CCC(CO)CC2)n1)C1CCCCC1. The van der Waals surface area contributed by atoms with Crippen LogP contribution < -0.4 is 11.1 Å². The first kappa shape index (κ1) is 20.1. The molecule has 0 unspecified atom stereocenters. The van der Waals surface area contributed by atoms with Gasteiger partial charge in [0.2, 0.25) is 0 Å². The Bertz CT molecular complexity index is 623. The minimum absolute atomic E-state index is 0.260. The predicted molar refractivity (Wildman–Crippen MR) is 106 cm³/mol. The van der Waals surface area contributed by atoms with Gasteiger partial charge in [0.15, 0.2) is 0 Å². The number of nitrogens with two attached hydrogens (primary N) is 1. The van der Waals surface area contributed by atoms with Gasteiger partial charge in [0.05, 0.1) is 5.56 Å². The summed E-state index contributed by atoms with van der Waals surface area (Å²) in [6, 6.07) is 0.268. The summed E-state index contributed by atoms with van der Waals surface area (Å²) in [7, 11) is 0. The summed E-state index contributed by atoms with van der Waals surface area (Å²) < 4.78 is 0. The molecular formula is C21H34N4O2. The molecule has 4 N–H and O–H groups in total. The number of hydrogen-bond donors (Lipinski definition) is 3. The van der Waals surface area contributed by atoms with E-state index >= 15 is 0 Å². The highest BCUT2D eigenvalue weighted by atomic mass is 16.3. The van der Waals surface area contributed by atoms with Crippen LogP contribution in [0.1, 0.15) is 80.9 Å². The van der Waals surface area contributed by atoms with Gasteiger partial charge in [-0.15, -0.1) is 0 Å². The molecule has 150 valence electrons. The monoisotopic (exact) mass is 374 g/mol. The zero-order valence-corrected chi connectivity index (χ0v) is 16.5. The number of carbonyl (C=O) groups is 1. The lowest BCUT2D eigenvalue weighted by Crippen LogP contribution is -2.29. The highest BCUT2D eigenvalue weighted by Crippen LogP contribution is 2.32. The lowest BCUT2D eigenvalue weighted by molar-refractivity contribution is 0.1000. The average molecular weight is 375 g/mol. The Labute approximate surface area is 162 Å². The van der Waals surface area contributed by atoms with E-state index in [-0.39, 0.29) is 12.6 Å². The van der Waals surface area contributed by atoms with E-state index in [2.05, 4.69) is 22.2 Å². The molecule has 0 bridgehead atoms. The molecule has 0 aliphatic heterocycles. The van der Waals surface area contributed by atoms with Crippen molar-refractivity contribution in [3.8, 4) is 0 Å². The van der Waals surface area contributed by atoms with E-state index in [1.165, 1.54) is 32.1 Å². The Morgan fingerprint density at radius 3 is 2.56 bits per heavy atom. The summed E-state index contributed by atoms with van der Waals surface area (Å²) in [5.41, 5.74) is 5.91. The van der Waals surface area contributed by atoms with Gasteiger partial charge < -0.3 is 16.2 Å². The number of aliphatic hydroxyl groups excluding tert-OH is 1. The van der Waals surface area contributed by atoms with E-state index in [0.717, 1.165) is 43.8 Å². The lowest BCUT2D eigenvalue weighted by Gasteiger charge is -2.29. The number of aliphatic hydroxyl groups is 1. The van der Waals surface area contributed by atoms with Crippen molar-refractivity contribution < 1.29 is 9.90 Å². The number of primary amides is 1. The van der Waals surface area contributed by atoms with E-state index in [9.17, 15) is 9.90 Å². The van der Waals surface area contributed by atoms with Crippen molar-refractivity contribution in [3.05, 3.63) is 17.6 Å². The van der Waals surface area contributed by atoms with Gasteiger partial charge in [-0.2, -0.15) is 0 Å². The molecule has 1 atom stereocenters. The van der Waals surface area contributed by atoms with Crippen LogP contribution in [0.4, 0.5) is 5.82 Å². The second-order valence-electron chi connectivity index (χ2n) is 8.54. The van der Waals surface area contributed by atoms with Gasteiger partial charge in [-0.3, -0.25) is 4.79 Å². The Hall–Kier alpha value is -1.69. The Morgan fingerprint density at radius 1 is 1.22 bits per heavy atom. The predicted octanol–water partition coefficient (Wildman–Crippen LogP) is 3.30. The third kappa shape index (κ3) is 5.41. The minimum atomic E-state index is -0.492. The first-order valence-corrected chi connectivity index (χ1v) is 10.6. The lowest BCUT2D eigenvalue weighted by atomic mass is 9.79. The number of anilines is 1. The molecule has 1 aromatic rings. The van der Waals surface area contributed by atoms with Crippen molar-refractivity contribution in [2.45, 2.75) is 77.2 Å². The van der Waals surface area contributed by atoms with Crippen LogP contribution in [0.15, 0.2) is 6.20 Å². The van der Waals surface area contributed by atoms with Crippen LogP contribution in [0.5, 0.6) is 0 Å². The van der Waals surface area contributed by atoms with E-state index in [1.807, 2.05) is 0 Å². The maximum absolute atomic E-state index is 11.8. The molecule has 0 spiro atoms. The molecule has 27 heavy (non-hydrogen) atoms. The van der Waals surface area contributed by atoms with Crippen molar-refractivity contribution in [1.82, 2.24) is 9.97 Å². The molecule has 1 amide bonds. The maximum atomic E-state index is 11.8. The van der Waals surface area contributed by atoms with Gasteiger partial charge in [-0.1, -0.05) is 39.0 Å². The summed E-state index contributed by atoms with van der Waals surface area (Å²) in [6.07, 6.45) is 13.0. The fourth-order valence-electron chi connectivity index (χ4n) is 4.65.